The van der Waals surface area contributed by atoms with Gasteiger partial charge in [-0.3, -0.25) is 9.59 Å². The van der Waals surface area contributed by atoms with Gasteiger partial charge in [0.15, 0.2) is 0 Å². The molecule has 2 aromatic rings. The van der Waals surface area contributed by atoms with E-state index in [9.17, 15) is 9.59 Å². The predicted octanol–water partition coefficient (Wildman–Crippen LogP) is 2.75. The minimum atomic E-state index is -0.328. The van der Waals surface area contributed by atoms with Gasteiger partial charge in [0.25, 0.3) is 11.5 Å². The Morgan fingerprint density at radius 3 is 2.65 bits per heavy atom. The fraction of sp³-hybridized carbons (Fsp3) is 0.450. The fourth-order valence-electron chi connectivity index (χ4n) is 2.63. The summed E-state index contributed by atoms with van der Waals surface area (Å²) in [6.07, 6.45) is 4.39. The van der Waals surface area contributed by atoms with E-state index in [4.69, 9.17) is 0 Å². The Bertz CT molecular complexity index is 812. The van der Waals surface area contributed by atoms with Gasteiger partial charge in [-0.1, -0.05) is 19.9 Å². The zero-order chi connectivity index (χ0) is 19.1. The molecule has 2 rings (SSSR count). The summed E-state index contributed by atoms with van der Waals surface area (Å²) in [6.45, 7) is 9.56. The minimum absolute atomic E-state index is 0.225. The van der Waals surface area contributed by atoms with E-state index in [0.717, 1.165) is 17.8 Å². The molecule has 0 saturated heterocycles. The SMILES string of the molecule is Cc1cccnc1NCCNC(=O)c1c(C)ccn(CCC(C)C)c1=O. The second-order valence-electron chi connectivity index (χ2n) is 6.91. The summed E-state index contributed by atoms with van der Waals surface area (Å²) in [5, 5.41) is 6.00. The number of hydrogen-bond acceptors (Lipinski definition) is 4. The largest absolute Gasteiger partial charge is 0.368 e. The number of amides is 1. The van der Waals surface area contributed by atoms with Crippen LogP contribution < -0.4 is 16.2 Å². The molecule has 0 unspecified atom stereocenters. The van der Waals surface area contributed by atoms with Gasteiger partial charge in [-0.25, -0.2) is 4.98 Å². The molecule has 1 amide bonds. The third-order valence-corrected chi connectivity index (χ3v) is 4.26. The van der Waals surface area contributed by atoms with Crippen molar-refractivity contribution in [3.8, 4) is 0 Å². The Morgan fingerprint density at radius 1 is 1.19 bits per heavy atom. The molecule has 0 saturated carbocycles. The molecule has 2 N–H and O–H groups in total. The van der Waals surface area contributed by atoms with Crippen LogP contribution in [0.3, 0.4) is 0 Å². The van der Waals surface area contributed by atoms with Crippen molar-refractivity contribution >= 4 is 11.7 Å². The van der Waals surface area contributed by atoms with Crippen LogP contribution in [0, 0.1) is 19.8 Å². The Balaban J connectivity index is 1.97. The maximum Gasteiger partial charge on any atom is 0.263 e. The number of nitrogens with one attached hydrogen (secondary N) is 2. The maximum atomic E-state index is 12.6. The third-order valence-electron chi connectivity index (χ3n) is 4.26. The number of hydrogen-bond donors (Lipinski definition) is 2. The number of pyridine rings is 2. The molecule has 2 aromatic heterocycles. The highest BCUT2D eigenvalue weighted by molar-refractivity contribution is 5.95. The van der Waals surface area contributed by atoms with Gasteiger partial charge in [0, 0.05) is 32.0 Å². The van der Waals surface area contributed by atoms with E-state index in [-0.39, 0.29) is 17.0 Å². The van der Waals surface area contributed by atoms with Crippen molar-refractivity contribution in [2.75, 3.05) is 18.4 Å². The highest BCUT2D eigenvalue weighted by atomic mass is 16.2. The highest BCUT2D eigenvalue weighted by Crippen LogP contribution is 2.08. The second-order valence-corrected chi connectivity index (χ2v) is 6.91. The van der Waals surface area contributed by atoms with E-state index in [0.29, 0.717) is 31.1 Å². The monoisotopic (exact) mass is 356 g/mol. The molecule has 2 heterocycles. The molecule has 6 heteroatoms. The summed E-state index contributed by atoms with van der Waals surface area (Å²) < 4.78 is 1.62. The van der Waals surface area contributed by atoms with E-state index >= 15 is 0 Å². The van der Waals surface area contributed by atoms with Crippen molar-refractivity contribution in [3.63, 3.8) is 0 Å². The number of carbonyl (C=O) groups excluding carboxylic acids is 1. The molecular formula is C20H28N4O2. The molecular weight excluding hydrogens is 328 g/mol. The van der Waals surface area contributed by atoms with Crippen LogP contribution in [0.1, 0.15) is 41.8 Å². The van der Waals surface area contributed by atoms with Crippen LogP contribution in [-0.4, -0.2) is 28.5 Å². The summed E-state index contributed by atoms with van der Waals surface area (Å²) in [4.78, 5) is 29.4. The molecule has 140 valence electrons. The van der Waals surface area contributed by atoms with Gasteiger partial charge in [0.1, 0.15) is 11.4 Å². The van der Waals surface area contributed by atoms with Crippen molar-refractivity contribution in [2.24, 2.45) is 5.92 Å². The van der Waals surface area contributed by atoms with E-state index in [2.05, 4.69) is 29.5 Å². The zero-order valence-corrected chi connectivity index (χ0v) is 16.0. The maximum absolute atomic E-state index is 12.6. The van der Waals surface area contributed by atoms with Crippen molar-refractivity contribution < 1.29 is 4.79 Å². The van der Waals surface area contributed by atoms with Gasteiger partial charge in [-0.05, 0) is 49.4 Å². The lowest BCUT2D eigenvalue weighted by Gasteiger charge is -2.13. The summed E-state index contributed by atoms with van der Waals surface area (Å²) in [5.41, 5.74) is 1.74. The van der Waals surface area contributed by atoms with Crippen LogP contribution in [0.4, 0.5) is 5.82 Å². The van der Waals surface area contributed by atoms with Crippen LogP contribution in [0.5, 0.6) is 0 Å². The number of aryl methyl sites for hydroxylation is 3. The summed E-state index contributed by atoms with van der Waals surface area (Å²) in [7, 11) is 0. The van der Waals surface area contributed by atoms with E-state index in [1.807, 2.05) is 25.1 Å². The van der Waals surface area contributed by atoms with Gasteiger partial charge in [0.05, 0.1) is 0 Å². The van der Waals surface area contributed by atoms with Crippen LogP contribution in [0.2, 0.25) is 0 Å². The lowest BCUT2D eigenvalue weighted by molar-refractivity contribution is 0.0952. The zero-order valence-electron chi connectivity index (χ0n) is 16.0. The third kappa shape index (κ3) is 5.18. The first kappa shape index (κ1) is 19.7. The minimum Gasteiger partial charge on any atom is -0.368 e. The predicted molar refractivity (Wildman–Crippen MR) is 105 cm³/mol. The van der Waals surface area contributed by atoms with Crippen molar-refractivity contribution in [1.29, 1.82) is 0 Å². The molecule has 0 radical (unpaired) electrons. The molecule has 6 nitrogen and oxygen atoms in total. The molecule has 0 aliphatic carbocycles. The summed E-state index contributed by atoms with van der Waals surface area (Å²) in [5.74, 6) is 0.973. The molecule has 0 atom stereocenters. The smallest absolute Gasteiger partial charge is 0.263 e. The number of carbonyl (C=O) groups is 1. The number of anilines is 1. The lowest BCUT2D eigenvalue weighted by atomic mass is 10.1. The van der Waals surface area contributed by atoms with Crippen molar-refractivity contribution in [1.82, 2.24) is 14.9 Å². The number of nitrogens with zero attached hydrogens (tertiary/aromatic N) is 2. The molecule has 0 fully saturated rings. The summed E-state index contributed by atoms with van der Waals surface area (Å²) >= 11 is 0. The van der Waals surface area contributed by atoms with Gasteiger partial charge in [-0.15, -0.1) is 0 Å². The quantitative estimate of drug-likeness (QED) is 0.713. The first-order valence-electron chi connectivity index (χ1n) is 9.04. The van der Waals surface area contributed by atoms with Crippen LogP contribution in [0.15, 0.2) is 35.4 Å². The Labute approximate surface area is 154 Å². The Morgan fingerprint density at radius 2 is 1.96 bits per heavy atom. The topological polar surface area (TPSA) is 76.0 Å². The lowest BCUT2D eigenvalue weighted by Crippen LogP contribution is -2.36. The Hall–Kier alpha value is -2.63. The first-order valence-corrected chi connectivity index (χ1v) is 9.04. The van der Waals surface area contributed by atoms with Crippen molar-refractivity contribution in [3.05, 3.63) is 57.6 Å². The van der Waals surface area contributed by atoms with Crippen LogP contribution in [-0.2, 0) is 6.54 Å². The van der Waals surface area contributed by atoms with Crippen LogP contribution >= 0.6 is 0 Å². The molecule has 0 aromatic carbocycles. The fourth-order valence-corrected chi connectivity index (χ4v) is 2.63. The molecule has 0 aliphatic heterocycles. The molecule has 0 spiro atoms. The van der Waals surface area contributed by atoms with Gasteiger partial charge in [-0.2, -0.15) is 0 Å². The molecule has 0 bridgehead atoms. The van der Waals surface area contributed by atoms with Gasteiger partial charge >= 0.3 is 0 Å². The number of aromatic nitrogens is 2. The van der Waals surface area contributed by atoms with E-state index in [1.54, 1.807) is 23.9 Å². The first-order chi connectivity index (χ1) is 12.4. The normalized spacial score (nSPS) is 10.8. The highest BCUT2D eigenvalue weighted by Gasteiger charge is 2.15. The van der Waals surface area contributed by atoms with Crippen molar-refractivity contribution in [2.45, 2.75) is 40.7 Å². The standard InChI is InChI=1S/C20H28N4O2/c1-14(2)7-12-24-13-8-15(3)17(20(24)26)19(25)23-11-10-22-18-16(4)6-5-9-21-18/h5-6,8-9,13-14H,7,10-12H2,1-4H3,(H,21,22)(H,23,25). The average Bonchev–Trinajstić information content (AvgIpc) is 2.59. The molecule has 26 heavy (non-hydrogen) atoms. The van der Waals surface area contributed by atoms with E-state index < -0.39 is 0 Å². The Kier molecular flexibility index (Phi) is 6.95. The number of rotatable bonds is 8. The second kappa shape index (κ2) is 9.17. The van der Waals surface area contributed by atoms with Gasteiger partial charge in [0.2, 0.25) is 0 Å². The van der Waals surface area contributed by atoms with E-state index in [1.165, 1.54) is 0 Å². The van der Waals surface area contributed by atoms with Crippen LogP contribution in [0.25, 0.3) is 0 Å². The average molecular weight is 356 g/mol. The van der Waals surface area contributed by atoms with Gasteiger partial charge < -0.3 is 15.2 Å². The summed E-state index contributed by atoms with van der Waals surface area (Å²) in [6, 6.07) is 5.68. The molecule has 0 aliphatic rings.